The van der Waals surface area contributed by atoms with Crippen molar-refractivity contribution in [3.05, 3.63) is 11.7 Å². The Morgan fingerprint density at radius 2 is 2.21 bits per heavy atom. The first-order valence-electron chi connectivity index (χ1n) is 8.62. The summed E-state index contributed by atoms with van der Waals surface area (Å²) in [6, 6.07) is 0.417. The van der Waals surface area contributed by atoms with E-state index in [1.165, 1.54) is 0 Å². The maximum Gasteiger partial charge on any atom is 0.236 e. The van der Waals surface area contributed by atoms with E-state index in [2.05, 4.69) is 27.0 Å². The van der Waals surface area contributed by atoms with E-state index in [1.807, 2.05) is 11.8 Å². The van der Waals surface area contributed by atoms with Crippen LogP contribution in [0.5, 0.6) is 0 Å². The molecule has 24 heavy (non-hydrogen) atoms. The van der Waals surface area contributed by atoms with Crippen molar-refractivity contribution in [1.82, 2.24) is 24.8 Å². The van der Waals surface area contributed by atoms with Gasteiger partial charge in [-0.25, -0.2) is 0 Å². The summed E-state index contributed by atoms with van der Waals surface area (Å²) in [6.07, 6.45) is 1.19. The number of carbonyl (C=O) groups excluding carboxylic acids is 1. The highest BCUT2D eigenvalue weighted by molar-refractivity contribution is 5.78. The van der Waals surface area contributed by atoms with Gasteiger partial charge in [-0.1, -0.05) is 5.16 Å². The van der Waals surface area contributed by atoms with Crippen molar-refractivity contribution in [2.24, 2.45) is 0 Å². The van der Waals surface area contributed by atoms with Crippen molar-refractivity contribution < 1.29 is 14.1 Å². The molecule has 2 aliphatic heterocycles. The fourth-order valence-electron chi connectivity index (χ4n) is 3.41. The van der Waals surface area contributed by atoms with E-state index in [-0.39, 0.29) is 12.0 Å². The molecule has 1 aromatic rings. The maximum absolute atomic E-state index is 12.5. The van der Waals surface area contributed by atoms with Crippen LogP contribution in [0.3, 0.4) is 0 Å². The van der Waals surface area contributed by atoms with Gasteiger partial charge in [0.25, 0.3) is 0 Å². The molecule has 8 nitrogen and oxygen atoms in total. The van der Waals surface area contributed by atoms with Gasteiger partial charge < -0.3 is 14.2 Å². The first kappa shape index (κ1) is 17.3. The molecule has 0 aromatic carbocycles. The predicted molar refractivity (Wildman–Crippen MR) is 87.3 cm³/mol. The summed E-state index contributed by atoms with van der Waals surface area (Å²) in [6.45, 7) is 8.88. The van der Waals surface area contributed by atoms with E-state index >= 15 is 0 Å². The molecule has 0 saturated carbocycles. The lowest BCUT2D eigenvalue weighted by molar-refractivity contribution is -0.139. The van der Waals surface area contributed by atoms with Gasteiger partial charge in [0.05, 0.1) is 25.8 Å². The molecule has 2 atom stereocenters. The predicted octanol–water partition coefficient (Wildman–Crippen LogP) is 0.131. The number of amides is 1. The summed E-state index contributed by atoms with van der Waals surface area (Å²) in [5.74, 6) is 1.52. The molecule has 2 aliphatic rings. The smallest absolute Gasteiger partial charge is 0.236 e. The quantitative estimate of drug-likeness (QED) is 0.756. The van der Waals surface area contributed by atoms with Gasteiger partial charge in [-0.3, -0.25) is 14.6 Å². The van der Waals surface area contributed by atoms with Gasteiger partial charge in [0.2, 0.25) is 11.8 Å². The fraction of sp³-hybridized carbons (Fsp3) is 0.812. The molecule has 0 radical (unpaired) electrons. The Bertz CT molecular complexity index is 564. The van der Waals surface area contributed by atoms with E-state index in [1.54, 1.807) is 6.92 Å². The standard InChI is InChI=1S/C16H27N5O3/c1-12-8-21(6-7-23-12)16(22)11-20-5-4-14(9-20)19(3)10-15-17-13(2)24-18-15/h12,14H,4-11H2,1-3H3. The molecule has 3 rings (SSSR count). The number of hydrogen-bond donors (Lipinski definition) is 0. The number of likely N-dealkylation sites (tertiary alicyclic amines) is 1. The summed E-state index contributed by atoms with van der Waals surface area (Å²) in [5, 5.41) is 3.95. The first-order chi connectivity index (χ1) is 11.5. The highest BCUT2D eigenvalue weighted by atomic mass is 16.5. The molecule has 1 amide bonds. The van der Waals surface area contributed by atoms with Crippen LogP contribution in [-0.4, -0.2) is 89.3 Å². The lowest BCUT2D eigenvalue weighted by Gasteiger charge is -2.32. The van der Waals surface area contributed by atoms with Crippen LogP contribution in [0.2, 0.25) is 0 Å². The van der Waals surface area contributed by atoms with E-state index in [0.29, 0.717) is 50.5 Å². The second-order valence-corrected chi connectivity index (χ2v) is 6.84. The summed E-state index contributed by atoms with van der Waals surface area (Å²) >= 11 is 0. The Morgan fingerprint density at radius 1 is 1.38 bits per heavy atom. The van der Waals surface area contributed by atoms with Crippen LogP contribution in [0.4, 0.5) is 0 Å². The van der Waals surface area contributed by atoms with Crippen LogP contribution in [0, 0.1) is 6.92 Å². The number of morpholine rings is 1. The van der Waals surface area contributed by atoms with Gasteiger partial charge >= 0.3 is 0 Å². The van der Waals surface area contributed by atoms with Gasteiger partial charge in [-0.2, -0.15) is 4.98 Å². The maximum atomic E-state index is 12.5. The van der Waals surface area contributed by atoms with E-state index < -0.39 is 0 Å². The van der Waals surface area contributed by atoms with Crippen LogP contribution in [0.15, 0.2) is 4.52 Å². The van der Waals surface area contributed by atoms with Crippen LogP contribution < -0.4 is 0 Å². The number of rotatable bonds is 5. The van der Waals surface area contributed by atoms with Crippen molar-refractivity contribution in [2.75, 3.05) is 46.4 Å². The molecule has 0 spiro atoms. The topological polar surface area (TPSA) is 74.9 Å². The minimum atomic E-state index is 0.138. The number of aryl methyl sites for hydroxylation is 1. The molecule has 2 saturated heterocycles. The monoisotopic (exact) mass is 337 g/mol. The summed E-state index contributed by atoms with van der Waals surface area (Å²) in [5.41, 5.74) is 0. The van der Waals surface area contributed by atoms with E-state index in [9.17, 15) is 4.79 Å². The van der Waals surface area contributed by atoms with Gasteiger partial charge in [0, 0.05) is 39.1 Å². The molecular weight excluding hydrogens is 310 g/mol. The van der Waals surface area contributed by atoms with Gasteiger partial charge in [-0.15, -0.1) is 0 Å². The summed E-state index contributed by atoms with van der Waals surface area (Å²) < 4.78 is 10.5. The van der Waals surface area contributed by atoms with E-state index in [4.69, 9.17) is 9.26 Å². The molecule has 2 unspecified atom stereocenters. The molecule has 134 valence electrons. The van der Waals surface area contributed by atoms with Crippen molar-refractivity contribution in [3.63, 3.8) is 0 Å². The van der Waals surface area contributed by atoms with Gasteiger partial charge in [0.15, 0.2) is 5.82 Å². The van der Waals surface area contributed by atoms with E-state index in [0.717, 1.165) is 19.5 Å². The zero-order valence-corrected chi connectivity index (χ0v) is 14.8. The summed E-state index contributed by atoms with van der Waals surface area (Å²) in [4.78, 5) is 23.1. The average Bonchev–Trinajstić information content (AvgIpc) is 3.16. The Hall–Kier alpha value is -1.51. The molecule has 2 fully saturated rings. The van der Waals surface area contributed by atoms with Crippen LogP contribution in [0.1, 0.15) is 25.1 Å². The number of aromatic nitrogens is 2. The fourth-order valence-corrected chi connectivity index (χ4v) is 3.41. The second kappa shape index (κ2) is 7.58. The molecular formula is C16H27N5O3. The third kappa shape index (κ3) is 4.31. The van der Waals surface area contributed by atoms with Crippen LogP contribution in [0.25, 0.3) is 0 Å². The normalized spacial score (nSPS) is 25.6. The van der Waals surface area contributed by atoms with Crippen molar-refractivity contribution in [1.29, 1.82) is 0 Å². The number of ether oxygens (including phenoxy) is 1. The molecule has 1 aromatic heterocycles. The second-order valence-electron chi connectivity index (χ2n) is 6.84. The Morgan fingerprint density at radius 3 is 2.92 bits per heavy atom. The molecule has 8 heteroatoms. The molecule has 0 N–H and O–H groups in total. The Labute approximate surface area is 142 Å². The minimum Gasteiger partial charge on any atom is -0.375 e. The number of nitrogens with zero attached hydrogens (tertiary/aromatic N) is 5. The third-order valence-electron chi connectivity index (χ3n) is 4.78. The lowest BCUT2D eigenvalue weighted by Crippen LogP contribution is -2.48. The SMILES string of the molecule is Cc1nc(CN(C)C2CCN(CC(=O)N3CCOC(C)C3)C2)no1. The summed E-state index contributed by atoms with van der Waals surface area (Å²) in [7, 11) is 2.07. The number of hydrogen-bond acceptors (Lipinski definition) is 7. The zero-order chi connectivity index (χ0) is 17.1. The first-order valence-corrected chi connectivity index (χ1v) is 8.62. The van der Waals surface area contributed by atoms with Gasteiger partial charge in [0.1, 0.15) is 0 Å². The van der Waals surface area contributed by atoms with Crippen molar-refractivity contribution >= 4 is 5.91 Å². The number of carbonyl (C=O) groups is 1. The van der Waals surface area contributed by atoms with Crippen molar-refractivity contribution in [2.45, 2.75) is 39.0 Å². The molecule has 0 aliphatic carbocycles. The van der Waals surface area contributed by atoms with Crippen molar-refractivity contribution in [3.8, 4) is 0 Å². The Balaban J connectivity index is 1.45. The Kier molecular flexibility index (Phi) is 5.47. The third-order valence-corrected chi connectivity index (χ3v) is 4.78. The number of likely N-dealkylation sites (N-methyl/N-ethyl adjacent to an activating group) is 1. The lowest BCUT2D eigenvalue weighted by atomic mass is 10.2. The highest BCUT2D eigenvalue weighted by Crippen LogP contribution is 2.16. The van der Waals surface area contributed by atoms with Gasteiger partial charge in [-0.05, 0) is 20.4 Å². The molecule has 0 bridgehead atoms. The highest BCUT2D eigenvalue weighted by Gasteiger charge is 2.29. The molecule has 3 heterocycles. The van der Waals surface area contributed by atoms with Crippen LogP contribution in [-0.2, 0) is 16.1 Å². The zero-order valence-electron chi connectivity index (χ0n) is 14.8. The van der Waals surface area contributed by atoms with Crippen LogP contribution >= 0.6 is 0 Å². The largest absolute Gasteiger partial charge is 0.375 e. The average molecular weight is 337 g/mol. The minimum absolute atomic E-state index is 0.138.